The zero-order valence-corrected chi connectivity index (χ0v) is 7.71. The fourth-order valence-corrected chi connectivity index (χ4v) is 3.20. The number of rotatable bonds is 0. The van der Waals surface area contributed by atoms with Crippen LogP contribution in [0.5, 0.6) is 0 Å². The van der Waals surface area contributed by atoms with Crippen molar-refractivity contribution in [3.05, 3.63) is 0 Å². The molecule has 3 atom stereocenters. The van der Waals surface area contributed by atoms with Gasteiger partial charge in [0.15, 0.2) is 0 Å². The summed E-state index contributed by atoms with van der Waals surface area (Å²) in [6, 6.07) is 0. The van der Waals surface area contributed by atoms with Gasteiger partial charge in [-0.25, -0.2) is 0 Å². The summed E-state index contributed by atoms with van der Waals surface area (Å²) in [5.41, 5.74) is -1.15. The number of fused-ring (bicyclic) bond motifs is 2. The van der Waals surface area contributed by atoms with Gasteiger partial charge in [-0.2, -0.15) is 0 Å². The molecule has 0 aromatic carbocycles. The summed E-state index contributed by atoms with van der Waals surface area (Å²) in [5, 5.41) is 20.0. The van der Waals surface area contributed by atoms with Gasteiger partial charge in [0.25, 0.3) is 0 Å². The van der Waals surface area contributed by atoms with Crippen LogP contribution in [0.1, 0.15) is 45.4 Å². The molecule has 2 fully saturated rings. The Labute approximate surface area is 73.6 Å². The van der Waals surface area contributed by atoms with E-state index >= 15 is 0 Å². The zero-order valence-electron chi connectivity index (χ0n) is 7.71. The molecule has 0 radical (unpaired) electrons. The van der Waals surface area contributed by atoms with Crippen molar-refractivity contribution in [1.29, 1.82) is 0 Å². The average molecular weight is 170 g/mol. The quantitative estimate of drug-likeness (QED) is 0.577. The van der Waals surface area contributed by atoms with Crippen LogP contribution in [0.25, 0.3) is 0 Å². The van der Waals surface area contributed by atoms with Gasteiger partial charge in [-0.1, -0.05) is 12.8 Å². The van der Waals surface area contributed by atoms with Crippen molar-refractivity contribution < 1.29 is 10.2 Å². The molecular formula is C10H18O2. The van der Waals surface area contributed by atoms with Gasteiger partial charge in [-0.3, -0.25) is 0 Å². The largest absolute Gasteiger partial charge is 0.390 e. The Bertz CT molecular complexity index is 186. The van der Waals surface area contributed by atoms with Crippen LogP contribution in [0, 0.1) is 5.92 Å². The standard InChI is InChI=1S/C10H18O2/c1-9(11)5-8-3-2-4-10(12,6-8)7-9/h8,11-12H,2-7H2,1H3. The number of hydrogen-bond donors (Lipinski definition) is 2. The molecule has 0 amide bonds. The lowest BCUT2D eigenvalue weighted by atomic mass is 9.64. The van der Waals surface area contributed by atoms with Crippen LogP contribution in [0.15, 0.2) is 0 Å². The van der Waals surface area contributed by atoms with E-state index < -0.39 is 11.2 Å². The molecule has 0 heterocycles. The first-order valence-corrected chi connectivity index (χ1v) is 4.94. The monoisotopic (exact) mass is 170 g/mol. The van der Waals surface area contributed by atoms with Gasteiger partial charge in [0.05, 0.1) is 11.2 Å². The molecule has 2 saturated carbocycles. The van der Waals surface area contributed by atoms with E-state index in [4.69, 9.17) is 0 Å². The van der Waals surface area contributed by atoms with Crippen LogP contribution in [0.2, 0.25) is 0 Å². The van der Waals surface area contributed by atoms with Crippen molar-refractivity contribution in [2.75, 3.05) is 0 Å². The molecule has 0 spiro atoms. The lowest BCUT2D eigenvalue weighted by Crippen LogP contribution is -2.49. The van der Waals surface area contributed by atoms with Crippen LogP contribution in [-0.4, -0.2) is 21.4 Å². The molecule has 2 bridgehead atoms. The molecule has 0 saturated heterocycles. The second-order valence-electron chi connectivity index (χ2n) is 5.06. The van der Waals surface area contributed by atoms with E-state index in [1.165, 1.54) is 6.42 Å². The minimum absolute atomic E-state index is 0.537. The molecule has 2 rings (SSSR count). The fourth-order valence-electron chi connectivity index (χ4n) is 3.20. The lowest BCUT2D eigenvalue weighted by molar-refractivity contribution is -0.131. The van der Waals surface area contributed by atoms with Crippen molar-refractivity contribution in [2.24, 2.45) is 5.92 Å². The summed E-state index contributed by atoms with van der Waals surface area (Å²) in [4.78, 5) is 0. The number of aliphatic hydroxyl groups is 2. The Morgan fingerprint density at radius 2 is 2.00 bits per heavy atom. The summed E-state index contributed by atoms with van der Waals surface area (Å²) in [6.45, 7) is 1.86. The van der Waals surface area contributed by atoms with E-state index in [0.717, 1.165) is 25.7 Å². The molecular weight excluding hydrogens is 152 g/mol. The lowest BCUT2D eigenvalue weighted by Gasteiger charge is -2.47. The third-order valence-corrected chi connectivity index (χ3v) is 3.36. The van der Waals surface area contributed by atoms with Crippen molar-refractivity contribution in [1.82, 2.24) is 0 Å². The third kappa shape index (κ3) is 1.50. The molecule has 2 aliphatic rings. The second-order valence-corrected chi connectivity index (χ2v) is 5.06. The summed E-state index contributed by atoms with van der Waals surface area (Å²) in [6.07, 6.45) is 5.60. The molecule has 70 valence electrons. The highest BCUT2D eigenvalue weighted by atomic mass is 16.3. The molecule has 12 heavy (non-hydrogen) atoms. The molecule has 2 N–H and O–H groups in total. The fraction of sp³-hybridized carbons (Fsp3) is 1.00. The van der Waals surface area contributed by atoms with Gasteiger partial charge < -0.3 is 10.2 Å². The van der Waals surface area contributed by atoms with Crippen molar-refractivity contribution in [3.63, 3.8) is 0 Å². The van der Waals surface area contributed by atoms with E-state index in [2.05, 4.69) is 0 Å². The maximum absolute atomic E-state index is 10.1. The highest BCUT2D eigenvalue weighted by Gasteiger charge is 2.46. The number of hydrogen-bond acceptors (Lipinski definition) is 2. The first-order chi connectivity index (χ1) is 5.49. The molecule has 2 aliphatic carbocycles. The minimum Gasteiger partial charge on any atom is -0.390 e. The van der Waals surface area contributed by atoms with E-state index in [-0.39, 0.29) is 0 Å². The average Bonchev–Trinajstić information content (AvgIpc) is 1.79. The maximum atomic E-state index is 10.1. The highest BCUT2D eigenvalue weighted by Crippen LogP contribution is 2.46. The van der Waals surface area contributed by atoms with Crippen LogP contribution in [0.4, 0.5) is 0 Å². The van der Waals surface area contributed by atoms with Gasteiger partial charge in [-0.05, 0) is 32.1 Å². The van der Waals surface area contributed by atoms with Gasteiger partial charge in [0.2, 0.25) is 0 Å². The SMILES string of the molecule is CC1(O)CC2CCCC(O)(C2)C1. The van der Waals surface area contributed by atoms with Gasteiger partial charge in [0, 0.05) is 6.42 Å². The summed E-state index contributed by atoms with van der Waals surface area (Å²) < 4.78 is 0. The molecule has 2 heteroatoms. The van der Waals surface area contributed by atoms with Gasteiger partial charge in [0.1, 0.15) is 0 Å². The Kier molecular flexibility index (Phi) is 1.74. The molecule has 0 aliphatic heterocycles. The smallest absolute Gasteiger partial charge is 0.0677 e. The second kappa shape index (κ2) is 2.46. The summed E-state index contributed by atoms with van der Waals surface area (Å²) in [5.74, 6) is 0.562. The summed E-state index contributed by atoms with van der Waals surface area (Å²) >= 11 is 0. The predicted molar refractivity (Wildman–Crippen MR) is 46.8 cm³/mol. The molecule has 0 aromatic heterocycles. The normalized spacial score (nSPS) is 53.8. The zero-order chi connectivity index (χ0) is 8.82. The van der Waals surface area contributed by atoms with Gasteiger partial charge >= 0.3 is 0 Å². The Balaban J connectivity index is 2.16. The first kappa shape index (κ1) is 8.52. The van der Waals surface area contributed by atoms with E-state index in [1.807, 2.05) is 6.92 Å². The summed E-state index contributed by atoms with van der Waals surface area (Å²) in [7, 11) is 0. The predicted octanol–water partition coefficient (Wildman–Crippen LogP) is 1.45. The topological polar surface area (TPSA) is 40.5 Å². The van der Waals surface area contributed by atoms with Crippen molar-refractivity contribution >= 4 is 0 Å². The first-order valence-electron chi connectivity index (χ1n) is 4.94. The van der Waals surface area contributed by atoms with Crippen LogP contribution < -0.4 is 0 Å². The third-order valence-electron chi connectivity index (χ3n) is 3.36. The van der Waals surface area contributed by atoms with Crippen molar-refractivity contribution in [2.45, 2.75) is 56.7 Å². The van der Waals surface area contributed by atoms with Crippen molar-refractivity contribution in [3.8, 4) is 0 Å². The van der Waals surface area contributed by atoms with Gasteiger partial charge in [-0.15, -0.1) is 0 Å². The Morgan fingerprint density at radius 1 is 1.25 bits per heavy atom. The van der Waals surface area contributed by atoms with E-state index in [1.54, 1.807) is 0 Å². The maximum Gasteiger partial charge on any atom is 0.0677 e. The molecule has 2 nitrogen and oxygen atoms in total. The van der Waals surface area contributed by atoms with E-state index in [0.29, 0.717) is 12.3 Å². The highest BCUT2D eigenvalue weighted by molar-refractivity contribution is 4.98. The Morgan fingerprint density at radius 3 is 2.67 bits per heavy atom. The van der Waals surface area contributed by atoms with Crippen LogP contribution >= 0.6 is 0 Å². The van der Waals surface area contributed by atoms with E-state index in [9.17, 15) is 10.2 Å². The Hall–Kier alpha value is -0.0800. The molecule has 0 aromatic rings. The minimum atomic E-state index is -0.613. The van der Waals surface area contributed by atoms with Crippen LogP contribution in [-0.2, 0) is 0 Å². The van der Waals surface area contributed by atoms with Crippen LogP contribution in [0.3, 0.4) is 0 Å². The molecule has 3 unspecified atom stereocenters.